The van der Waals surface area contributed by atoms with Gasteiger partial charge in [0.15, 0.2) is 5.25 Å². The third kappa shape index (κ3) is 2.95. The second-order valence-electron chi connectivity index (χ2n) is 4.08. The van der Waals surface area contributed by atoms with Crippen LogP contribution in [0, 0.1) is 0 Å². The van der Waals surface area contributed by atoms with Gasteiger partial charge in [-0.3, -0.25) is 4.79 Å². The molecular formula is C9H17NO6S. The molecule has 1 aliphatic heterocycles. The van der Waals surface area contributed by atoms with E-state index in [1.54, 1.807) is 6.92 Å². The summed E-state index contributed by atoms with van der Waals surface area (Å²) in [6.07, 6.45) is -0.595. The molecule has 0 saturated carbocycles. The Bertz CT molecular complexity index is 381. The minimum Gasteiger partial charge on any atom is -0.480 e. The van der Waals surface area contributed by atoms with Gasteiger partial charge in [-0.2, -0.15) is 4.31 Å². The third-order valence-corrected chi connectivity index (χ3v) is 5.03. The molecular weight excluding hydrogens is 250 g/mol. The van der Waals surface area contributed by atoms with Gasteiger partial charge in [-0.1, -0.05) is 0 Å². The Morgan fingerprint density at radius 3 is 2.65 bits per heavy atom. The fourth-order valence-electron chi connectivity index (χ4n) is 1.59. The van der Waals surface area contributed by atoms with Gasteiger partial charge >= 0.3 is 5.97 Å². The Balaban J connectivity index is 2.92. The van der Waals surface area contributed by atoms with Crippen LogP contribution in [-0.2, 0) is 19.6 Å². The predicted octanol–water partition coefficient (Wildman–Crippen LogP) is -1.13. The van der Waals surface area contributed by atoms with Crippen LogP contribution >= 0.6 is 0 Å². The zero-order chi connectivity index (χ0) is 13.2. The van der Waals surface area contributed by atoms with Gasteiger partial charge in [-0.25, -0.2) is 8.42 Å². The fraction of sp³-hybridized carbons (Fsp3) is 0.889. The number of carboxylic acid groups (broad SMARTS) is 1. The molecule has 3 unspecified atom stereocenters. The minimum atomic E-state index is -3.91. The number of ether oxygens (including phenoxy) is 1. The van der Waals surface area contributed by atoms with Gasteiger partial charge in [0.05, 0.1) is 19.3 Å². The number of hydrogen-bond donors (Lipinski definition) is 2. The van der Waals surface area contributed by atoms with Gasteiger partial charge < -0.3 is 14.9 Å². The molecule has 3 atom stereocenters. The highest BCUT2D eigenvalue weighted by molar-refractivity contribution is 7.90. The van der Waals surface area contributed by atoms with Crippen molar-refractivity contribution < 1.29 is 28.2 Å². The number of aliphatic carboxylic acids is 1. The van der Waals surface area contributed by atoms with Crippen molar-refractivity contribution in [1.82, 2.24) is 4.31 Å². The lowest BCUT2D eigenvalue weighted by Crippen LogP contribution is -2.54. The fourth-order valence-corrected chi connectivity index (χ4v) is 3.18. The Hall–Kier alpha value is -0.700. The first-order chi connectivity index (χ1) is 7.80. The van der Waals surface area contributed by atoms with E-state index in [-0.39, 0.29) is 19.8 Å². The molecule has 1 saturated heterocycles. The molecule has 0 aliphatic carbocycles. The highest BCUT2D eigenvalue weighted by Crippen LogP contribution is 2.19. The van der Waals surface area contributed by atoms with Crippen molar-refractivity contribution in [3.8, 4) is 0 Å². The summed E-state index contributed by atoms with van der Waals surface area (Å²) < 4.78 is 30.3. The first-order valence-electron chi connectivity index (χ1n) is 5.26. The Morgan fingerprint density at radius 2 is 2.18 bits per heavy atom. The summed E-state index contributed by atoms with van der Waals surface area (Å²) >= 11 is 0. The number of rotatable bonds is 4. The van der Waals surface area contributed by atoms with E-state index in [9.17, 15) is 13.2 Å². The molecule has 0 bridgehead atoms. The molecule has 1 fully saturated rings. The maximum absolute atomic E-state index is 12.0. The molecule has 2 N–H and O–H groups in total. The number of carboxylic acids is 1. The molecule has 0 aromatic carbocycles. The molecule has 1 aliphatic rings. The maximum atomic E-state index is 12.0. The molecule has 17 heavy (non-hydrogen) atoms. The molecule has 100 valence electrons. The maximum Gasteiger partial charge on any atom is 0.323 e. The highest BCUT2D eigenvalue weighted by Gasteiger charge is 2.40. The highest BCUT2D eigenvalue weighted by atomic mass is 32.2. The molecule has 8 heteroatoms. The van der Waals surface area contributed by atoms with Crippen molar-refractivity contribution >= 4 is 16.0 Å². The van der Waals surface area contributed by atoms with Crippen LogP contribution in [0.3, 0.4) is 0 Å². The number of carbonyl (C=O) groups is 1. The van der Waals surface area contributed by atoms with Gasteiger partial charge in [-0.05, 0) is 13.8 Å². The predicted molar refractivity (Wildman–Crippen MR) is 59.0 cm³/mol. The largest absolute Gasteiger partial charge is 0.480 e. The number of hydrogen-bond acceptors (Lipinski definition) is 5. The Kier molecular flexibility index (Phi) is 4.48. The molecule has 7 nitrogen and oxygen atoms in total. The van der Waals surface area contributed by atoms with E-state index in [4.69, 9.17) is 14.9 Å². The van der Waals surface area contributed by atoms with Crippen LogP contribution in [0.1, 0.15) is 13.8 Å². The minimum absolute atomic E-state index is 0.0162. The number of morpholine rings is 1. The van der Waals surface area contributed by atoms with Gasteiger partial charge in [0.2, 0.25) is 10.0 Å². The molecule has 0 spiro atoms. The standard InChI is InChI=1S/C9H17NO6S/c1-6-5-16-8(4-11)3-10(6)17(14,15)7(2)9(12)13/h6-8,11H,3-5H2,1-2H3,(H,12,13). The van der Waals surface area contributed by atoms with Crippen molar-refractivity contribution in [3.63, 3.8) is 0 Å². The van der Waals surface area contributed by atoms with Gasteiger partial charge in [0, 0.05) is 12.6 Å². The van der Waals surface area contributed by atoms with Crippen LogP contribution in [0.25, 0.3) is 0 Å². The smallest absolute Gasteiger partial charge is 0.323 e. The molecule has 1 heterocycles. The van der Waals surface area contributed by atoms with E-state index in [1.807, 2.05) is 0 Å². The second kappa shape index (κ2) is 5.30. The van der Waals surface area contributed by atoms with Crippen LogP contribution in [-0.4, -0.2) is 66.1 Å². The summed E-state index contributed by atoms with van der Waals surface area (Å²) in [5, 5.41) is 16.2. The molecule has 0 radical (unpaired) electrons. The quantitative estimate of drug-likeness (QED) is 0.668. The van der Waals surface area contributed by atoms with Gasteiger partial charge in [0.25, 0.3) is 0 Å². The van der Waals surface area contributed by atoms with E-state index >= 15 is 0 Å². The Labute approximate surface area is 100 Å². The summed E-state index contributed by atoms with van der Waals surface area (Å²) in [7, 11) is -3.91. The monoisotopic (exact) mass is 267 g/mol. The topological polar surface area (TPSA) is 104 Å². The van der Waals surface area contributed by atoms with Crippen molar-refractivity contribution in [2.75, 3.05) is 19.8 Å². The average Bonchev–Trinajstić information content (AvgIpc) is 2.28. The van der Waals surface area contributed by atoms with Crippen LogP contribution < -0.4 is 0 Å². The third-order valence-electron chi connectivity index (χ3n) is 2.77. The van der Waals surface area contributed by atoms with E-state index in [0.717, 1.165) is 11.2 Å². The van der Waals surface area contributed by atoms with Crippen LogP contribution in [0.2, 0.25) is 0 Å². The number of nitrogens with zero attached hydrogens (tertiary/aromatic N) is 1. The van der Waals surface area contributed by atoms with Crippen LogP contribution in [0.4, 0.5) is 0 Å². The summed E-state index contributed by atoms with van der Waals surface area (Å²) in [6, 6.07) is -0.426. The van der Waals surface area contributed by atoms with Crippen LogP contribution in [0.5, 0.6) is 0 Å². The van der Waals surface area contributed by atoms with E-state index in [2.05, 4.69) is 0 Å². The van der Waals surface area contributed by atoms with Crippen molar-refractivity contribution in [2.24, 2.45) is 0 Å². The summed E-state index contributed by atoms with van der Waals surface area (Å²) in [5.74, 6) is -1.38. The first-order valence-corrected chi connectivity index (χ1v) is 6.77. The number of aliphatic hydroxyl groups excluding tert-OH is 1. The lowest BCUT2D eigenvalue weighted by Gasteiger charge is -2.37. The number of sulfonamides is 1. The van der Waals surface area contributed by atoms with E-state index < -0.39 is 33.4 Å². The van der Waals surface area contributed by atoms with E-state index in [0.29, 0.717) is 0 Å². The van der Waals surface area contributed by atoms with Gasteiger partial charge in [-0.15, -0.1) is 0 Å². The summed E-state index contributed by atoms with van der Waals surface area (Å²) in [4.78, 5) is 10.8. The van der Waals surface area contributed by atoms with Crippen LogP contribution in [0.15, 0.2) is 0 Å². The Morgan fingerprint density at radius 1 is 1.59 bits per heavy atom. The number of aliphatic hydroxyl groups is 1. The van der Waals surface area contributed by atoms with Crippen molar-refractivity contribution in [1.29, 1.82) is 0 Å². The average molecular weight is 267 g/mol. The van der Waals surface area contributed by atoms with E-state index in [1.165, 1.54) is 0 Å². The normalized spacial score (nSPS) is 28.9. The zero-order valence-corrected chi connectivity index (χ0v) is 10.6. The summed E-state index contributed by atoms with van der Waals surface area (Å²) in [5.41, 5.74) is 0. The molecule has 0 aromatic rings. The zero-order valence-electron chi connectivity index (χ0n) is 9.74. The SMILES string of the molecule is CC1COC(CO)CN1S(=O)(=O)C(C)C(=O)O. The molecule has 1 rings (SSSR count). The lowest BCUT2D eigenvalue weighted by molar-refractivity contribution is -0.136. The lowest BCUT2D eigenvalue weighted by atomic mass is 10.2. The van der Waals surface area contributed by atoms with Gasteiger partial charge in [0.1, 0.15) is 0 Å². The first kappa shape index (κ1) is 14.4. The summed E-state index contributed by atoms with van der Waals surface area (Å²) in [6.45, 7) is 2.61. The molecule has 0 aromatic heterocycles. The van der Waals surface area contributed by atoms with Crippen molar-refractivity contribution in [3.05, 3.63) is 0 Å². The molecule has 0 amide bonds. The van der Waals surface area contributed by atoms with Crippen molar-refractivity contribution in [2.45, 2.75) is 31.2 Å². The second-order valence-corrected chi connectivity index (χ2v) is 6.29.